The molecule has 0 aliphatic heterocycles. The molecule has 4 aromatic rings. The topological polar surface area (TPSA) is 88.5 Å². The summed E-state index contributed by atoms with van der Waals surface area (Å²) in [4.78, 5) is 30.0. The molecular formula is C28H25BrN2O4. The van der Waals surface area contributed by atoms with Crippen molar-refractivity contribution in [1.29, 1.82) is 0 Å². The van der Waals surface area contributed by atoms with Gasteiger partial charge in [0, 0.05) is 27.9 Å². The fraction of sp³-hybridized carbons (Fsp3) is 0.179. The maximum Gasteiger partial charge on any atom is 0.304 e. The van der Waals surface area contributed by atoms with Crippen LogP contribution in [0.3, 0.4) is 0 Å². The van der Waals surface area contributed by atoms with E-state index in [-0.39, 0.29) is 18.9 Å². The Morgan fingerprint density at radius 1 is 1.06 bits per heavy atom. The third kappa shape index (κ3) is 5.52. The number of aromatic nitrogens is 1. The number of carboxylic acid groups (broad SMARTS) is 1. The average molecular weight is 533 g/mol. The largest absolute Gasteiger partial charge is 0.497 e. The maximum absolute atomic E-state index is 13.6. The number of fused-ring (bicyclic) bond motifs is 1. The van der Waals surface area contributed by atoms with Gasteiger partial charge in [-0.05, 0) is 48.4 Å². The van der Waals surface area contributed by atoms with Gasteiger partial charge < -0.3 is 15.2 Å². The first-order valence-corrected chi connectivity index (χ1v) is 12.0. The molecule has 0 fully saturated rings. The number of hydrogen-bond donors (Lipinski definition) is 2. The molecule has 1 atom stereocenters. The van der Waals surface area contributed by atoms with Gasteiger partial charge in [0.2, 0.25) is 0 Å². The maximum atomic E-state index is 13.6. The molecule has 3 aromatic carbocycles. The first-order valence-electron chi connectivity index (χ1n) is 11.2. The lowest BCUT2D eigenvalue weighted by Gasteiger charge is -2.19. The zero-order valence-electron chi connectivity index (χ0n) is 19.4. The van der Waals surface area contributed by atoms with Crippen molar-refractivity contribution in [1.82, 2.24) is 10.3 Å². The number of carbonyl (C=O) groups is 2. The third-order valence-electron chi connectivity index (χ3n) is 5.96. The quantitative estimate of drug-likeness (QED) is 0.292. The lowest BCUT2D eigenvalue weighted by Crippen LogP contribution is -2.30. The Bertz CT molecular complexity index is 1390. The number of nitrogens with zero attached hydrogens (tertiary/aromatic N) is 1. The first kappa shape index (κ1) is 24.4. The van der Waals surface area contributed by atoms with Gasteiger partial charge in [-0.15, -0.1) is 0 Å². The van der Waals surface area contributed by atoms with Gasteiger partial charge in [-0.2, -0.15) is 0 Å². The molecule has 0 aliphatic carbocycles. The molecule has 0 aliphatic rings. The van der Waals surface area contributed by atoms with Gasteiger partial charge in [0.25, 0.3) is 5.91 Å². The molecular weight excluding hydrogens is 508 g/mol. The van der Waals surface area contributed by atoms with Crippen molar-refractivity contribution in [2.45, 2.75) is 19.3 Å². The second-order valence-electron chi connectivity index (χ2n) is 8.27. The zero-order chi connectivity index (χ0) is 24.9. The summed E-state index contributed by atoms with van der Waals surface area (Å²) < 4.78 is 6.13. The Morgan fingerprint density at radius 2 is 1.83 bits per heavy atom. The number of amides is 1. The highest BCUT2D eigenvalue weighted by molar-refractivity contribution is 9.10. The number of carboxylic acids is 1. The second kappa shape index (κ2) is 10.7. The van der Waals surface area contributed by atoms with Gasteiger partial charge in [-0.25, -0.2) is 4.98 Å². The van der Waals surface area contributed by atoms with Gasteiger partial charge in [-0.1, -0.05) is 58.4 Å². The number of benzene rings is 3. The Labute approximate surface area is 212 Å². The summed E-state index contributed by atoms with van der Waals surface area (Å²) >= 11 is 3.50. The monoisotopic (exact) mass is 532 g/mol. The molecule has 0 saturated carbocycles. The van der Waals surface area contributed by atoms with Gasteiger partial charge in [0.1, 0.15) is 5.75 Å². The number of pyridine rings is 1. The average Bonchev–Trinajstić information content (AvgIpc) is 2.86. The smallest absolute Gasteiger partial charge is 0.304 e. The molecule has 0 radical (unpaired) electrons. The minimum absolute atomic E-state index is 0.121. The molecule has 0 spiro atoms. The molecule has 1 aromatic heterocycles. The van der Waals surface area contributed by atoms with Crippen LogP contribution in [0.15, 0.2) is 77.3 Å². The lowest BCUT2D eigenvalue weighted by atomic mass is 9.94. The number of halogens is 1. The summed E-state index contributed by atoms with van der Waals surface area (Å²) in [7, 11) is 1.56. The second-order valence-corrected chi connectivity index (χ2v) is 9.19. The molecule has 1 amide bonds. The fourth-order valence-electron chi connectivity index (χ4n) is 4.22. The van der Waals surface area contributed by atoms with Crippen LogP contribution >= 0.6 is 15.9 Å². The van der Waals surface area contributed by atoms with E-state index in [4.69, 9.17) is 9.72 Å². The van der Waals surface area contributed by atoms with E-state index in [1.54, 1.807) is 19.2 Å². The summed E-state index contributed by atoms with van der Waals surface area (Å²) in [6.07, 6.45) is -0.121. The highest BCUT2D eigenvalue weighted by atomic mass is 79.9. The predicted molar refractivity (Wildman–Crippen MR) is 140 cm³/mol. The van der Waals surface area contributed by atoms with Crippen molar-refractivity contribution in [3.63, 3.8) is 0 Å². The Balaban J connectivity index is 1.72. The lowest BCUT2D eigenvalue weighted by molar-refractivity contribution is -0.137. The van der Waals surface area contributed by atoms with Crippen molar-refractivity contribution < 1.29 is 19.4 Å². The predicted octanol–water partition coefficient (Wildman–Crippen LogP) is 5.97. The van der Waals surface area contributed by atoms with Crippen LogP contribution in [0.2, 0.25) is 0 Å². The molecule has 1 heterocycles. The highest BCUT2D eigenvalue weighted by Gasteiger charge is 2.22. The minimum atomic E-state index is -0.937. The number of aliphatic carboxylic acids is 1. The minimum Gasteiger partial charge on any atom is -0.497 e. The van der Waals surface area contributed by atoms with Crippen LogP contribution in [0.5, 0.6) is 5.75 Å². The number of nitrogens with one attached hydrogen (secondary N) is 1. The number of methoxy groups -OCH3 is 1. The molecule has 0 unspecified atom stereocenters. The van der Waals surface area contributed by atoms with Crippen LogP contribution in [-0.4, -0.2) is 35.6 Å². The van der Waals surface area contributed by atoms with E-state index < -0.39 is 11.9 Å². The summed E-state index contributed by atoms with van der Waals surface area (Å²) in [6, 6.07) is 22.7. The van der Waals surface area contributed by atoms with E-state index in [0.717, 1.165) is 32.2 Å². The summed E-state index contributed by atoms with van der Waals surface area (Å²) in [5.41, 5.74) is 4.43. The summed E-state index contributed by atoms with van der Waals surface area (Å²) in [5.74, 6) is -0.991. The van der Waals surface area contributed by atoms with E-state index in [0.29, 0.717) is 16.8 Å². The van der Waals surface area contributed by atoms with Crippen LogP contribution in [-0.2, 0) is 4.79 Å². The van der Waals surface area contributed by atoms with Crippen molar-refractivity contribution in [3.05, 3.63) is 94.0 Å². The van der Waals surface area contributed by atoms with E-state index in [9.17, 15) is 14.7 Å². The Morgan fingerprint density at radius 3 is 2.54 bits per heavy atom. The summed E-state index contributed by atoms with van der Waals surface area (Å²) in [5, 5.41) is 13.2. The fourth-order valence-corrected chi connectivity index (χ4v) is 4.58. The van der Waals surface area contributed by atoms with Crippen molar-refractivity contribution in [2.75, 3.05) is 13.7 Å². The van der Waals surface area contributed by atoms with Crippen LogP contribution in [0.1, 0.15) is 33.8 Å². The molecule has 0 saturated heterocycles. The van der Waals surface area contributed by atoms with Crippen molar-refractivity contribution in [2.24, 2.45) is 0 Å². The first-order chi connectivity index (χ1) is 16.9. The van der Waals surface area contributed by atoms with E-state index in [1.165, 1.54) is 0 Å². The molecule has 0 bridgehead atoms. The van der Waals surface area contributed by atoms with Gasteiger partial charge in [-0.3, -0.25) is 9.59 Å². The number of hydrogen-bond acceptors (Lipinski definition) is 4. The number of carbonyl (C=O) groups excluding carboxylic acids is 1. The number of rotatable bonds is 8. The molecule has 178 valence electrons. The SMILES string of the molecule is COc1cccc([C@@H](CNC(=O)c2c(C)c(-c3ccccc3)nc3ccc(Br)cc23)CC(=O)O)c1. The van der Waals surface area contributed by atoms with E-state index in [2.05, 4.69) is 21.2 Å². The zero-order valence-corrected chi connectivity index (χ0v) is 21.0. The summed E-state index contributed by atoms with van der Waals surface area (Å²) in [6.45, 7) is 2.05. The van der Waals surface area contributed by atoms with Crippen LogP contribution in [0.25, 0.3) is 22.2 Å². The Hall–Kier alpha value is -3.71. The molecule has 7 heteroatoms. The van der Waals surface area contributed by atoms with Gasteiger partial charge in [0.05, 0.1) is 30.3 Å². The van der Waals surface area contributed by atoms with Gasteiger partial charge >= 0.3 is 5.97 Å². The van der Waals surface area contributed by atoms with Crippen molar-refractivity contribution >= 4 is 38.7 Å². The molecule has 4 rings (SSSR count). The van der Waals surface area contributed by atoms with Crippen LogP contribution in [0.4, 0.5) is 0 Å². The molecule has 2 N–H and O–H groups in total. The third-order valence-corrected chi connectivity index (χ3v) is 6.45. The van der Waals surface area contributed by atoms with Crippen LogP contribution in [0, 0.1) is 6.92 Å². The molecule has 6 nitrogen and oxygen atoms in total. The van der Waals surface area contributed by atoms with Crippen molar-refractivity contribution in [3.8, 4) is 17.0 Å². The Kier molecular flexibility index (Phi) is 7.46. The van der Waals surface area contributed by atoms with E-state index >= 15 is 0 Å². The number of ether oxygens (including phenoxy) is 1. The standard InChI is InChI=1S/C28H25BrN2O4/c1-17-26(23-15-21(29)11-12-24(23)31-27(17)18-7-4-3-5-8-18)28(34)30-16-20(14-25(32)33)19-9-6-10-22(13-19)35-2/h3-13,15,20H,14,16H2,1-2H3,(H,30,34)(H,32,33)/t20-/m1/s1. The normalized spacial score (nSPS) is 11.7. The highest BCUT2D eigenvalue weighted by Crippen LogP contribution is 2.31. The molecule has 35 heavy (non-hydrogen) atoms. The van der Waals surface area contributed by atoms with Crippen LogP contribution < -0.4 is 10.1 Å². The van der Waals surface area contributed by atoms with E-state index in [1.807, 2.05) is 67.6 Å². The van der Waals surface area contributed by atoms with Gasteiger partial charge in [0.15, 0.2) is 0 Å².